The number of rotatable bonds is 28. The number of primary amides is 1. The Hall–Kier alpha value is -8.50. The molecule has 0 aromatic heterocycles. The number of benzene rings is 4. The van der Waals surface area contributed by atoms with Crippen LogP contribution in [0.15, 0.2) is 115 Å². The lowest BCUT2D eigenvalue weighted by Crippen LogP contribution is -2.59. The largest absolute Gasteiger partial charge is 0.508 e. The zero-order chi connectivity index (χ0) is 55.1. The minimum absolute atomic E-state index is 0.0126. The second kappa shape index (κ2) is 29.4. The third kappa shape index (κ3) is 18.5. The number of amides is 9. The summed E-state index contributed by atoms with van der Waals surface area (Å²) in [5, 5.41) is 37.0. The highest BCUT2D eigenvalue weighted by Crippen LogP contribution is 2.20. The van der Waals surface area contributed by atoms with Gasteiger partial charge in [0, 0.05) is 32.2 Å². The number of carbonyl (C=O) groups excluding carboxylic acids is 10. The number of aldehydes is 1. The molecule has 4 aromatic rings. The van der Waals surface area contributed by atoms with Crippen molar-refractivity contribution < 1.29 is 58.2 Å². The van der Waals surface area contributed by atoms with E-state index in [0.717, 1.165) is 5.56 Å². The summed E-state index contributed by atoms with van der Waals surface area (Å²) in [6.45, 7) is 0.158. The van der Waals surface area contributed by atoms with Gasteiger partial charge in [0.15, 0.2) is 0 Å². The number of carbonyl (C=O) groups is 10. The predicted molar refractivity (Wildman–Crippen MR) is 277 cm³/mol. The summed E-state index contributed by atoms with van der Waals surface area (Å²) in [6.07, 6.45) is 0.393. The first-order valence-electron chi connectivity index (χ1n) is 24.8. The second-order valence-electron chi connectivity index (χ2n) is 18.4. The summed E-state index contributed by atoms with van der Waals surface area (Å²) in [5.41, 5.74) is 14.3. The lowest BCUT2D eigenvalue weighted by molar-refractivity contribution is -0.141. The Labute approximate surface area is 439 Å². The Morgan fingerprint density at radius 3 is 1.63 bits per heavy atom. The maximum absolute atomic E-state index is 14.2. The molecule has 0 saturated carbocycles. The van der Waals surface area contributed by atoms with Crippen LogP contribution in [0.3, 0.4) is 0 Å². The molecule has 0 spiro atoms. The minimum Gasteiger partial charge on any atom is -0.508 e. The third-order valence-electron chi connectivity index (χ3n) is 12.5. The van der Waals surface area contributed by atoms with Crippen LogP contribution in [0, 0.1) is 0 Å². The zero-order valence-electron chi connectivity index (χ0n) is 42.0. The van der Waals surface area contributed by atoms with E-state index < -0.39 is 115 Å². The van der Waals surface area contributed by atoms with E-state index in [9.17, 15) is 58.2 Å². The van der Waals surface area contributed by atoms with Crippen molar-refractivity contribution in [3.8, 4) is 5.75 Å². The molecule has 22 heteroatoms. The van der Waals surface area contributed by atoms with Crippen molar-refractivity contribution in [2.24, 2.45) is 11.5 Å². The number of phenolic OH excluding ortho intramolecular Hbond substituents is 1. The second-order valence-corrected chi connectivity index (χ2v) is 18.4. The van der Waals surface area contributed by atoms with Crippen LogP contribution in [0.5, 0.6) is 5.75 Å². The molecule has 76 heavy (non-hydrogen) atoms. The van der Waals surface area contributed by atoms with Gasteiger partial charge in [-0.25, -0.2) is 0 Å². The molecule has 22 nitrogen and oxygen atoms in total. The number of aliphatic hydroxyl groups is 1. The number of aliphatic hydroxyl groups excluding tert-OH is 1. The van der Waals surface area contributed by atoms with Crippen LogP contribution in [0.1, 0.15) is 54.9 Å². The molecule has 4 aromatic carbocycles. The average Bonchev–Trinajstić information content (AvgIpc) is 3.91. The van der Waals surface area contributed by atoms with E-state index in [1.54, 1.807) is 103 Å². The molecule has 5 rings (SSSR count). The molecule has 1 aliphatic rings. The van der Waals surface area contributed by atoms with Gasteiger partial charge in [0.25, 0.3) is 0 Å². The Morgan fingerprint density at radius 1 is 0.618 bits per heavy atom. The Balaban J connectivity index is 1.24. The monoisotopic (exact) mass is 1050 g/mol. The van der Waals surface area contributed by atoms with Crippen molar-refractivity contribution in [2.75, 3.05) is 19.7 Å². The van der Waals surface area contributed by atoms with Gasteiger partial charge in [0.1, 0.15) is 54.3 Å². The summed E-state index contributed by atoms with van der Waals surface area (Å²) in [6, 6.07) is 22.5. The standard InChI is InChI=1S/C54H66N10O12/c1-33(48(70)61-43(28-35-14-7-3-8-15-35)52(74)59-38(31-65)32-66)58-51(73)42(27-34-12-5-2-6-13-34)62-50(72)41(23-24-46(56)68)60-47(69)30-57-53(75)45-18-11-25-64(45)54(76)44(29-36-16-9-4-10-17-36)63-49(71)40(55)26-37-19-21-39(67)22-20-37/h2-10,12-17,19-22,31,33,38,40-45,66-67H,11,18,23-30,32,55H2,1H3,(H2,56,68)(H,57,75)(H,58,73)(H,59,74)(H,60,69)(H,61,70)(H,62,72)(H,63,71)/t33-,38+,40-,41-,42-,43-,44-,45-/m0/s1. The first kappa shape index (κ1) is 58.4. The van der Waals surface area contributed by atoms with Gasteiger partial charge in [-0.1, -0.05) is 103 Å². The fraction of sp³-hybridized carbons (Fsp3) is 0.370. The molecule has 0 aliphatic carbocycles. The molecule has 1 fully saturated rings. The Bertz CT molecular complexity index is 2630. The van der Waals surface area contributed by atoms with Gasteiger partial charge >= 0.3 is 0 Å². The lowest BCUT2D eigenvalue weighted by Gasteiger charge is -2.29. The summed E-state index contributed by atoms with van der Waals surface area (Å²) in [4.78, 5) is 134. The van der Waals surface area contributed by atoms with Crippen LogP contribution >= 0.6 is 0 Å². The molecule has 8 atom stereocenters. The topological polar surface area (TPSA) is 351 Å². The summed E-state index contributed by atoms with van der Waals surface area (Å²) < 4.78 is 0. The number of phenols is 1. The number of hydrogen-bond acceptors (Lipinski definition) is 13. The zero-order valence-corrected chi connectivity index (χ0v) is 42.0. The number of nitrogens with one attached hydrogen (secondary N) is 7. The highest BCUT2D eigenvalue weighted by Gasteiger charge is 2.39. The Morgan fingerprint density at radius 2 is 1.11 bits per heavy atom. The molecular weight excluding hydrogens is 981 g/mol. The number of nitrogens with two attached hydrogens (primary N) is 2. The summed E-state index contributed by atoms with van der Waals surface area (Å²) >= 11 is 0. The van der Waals surface area contributed by atoms with Crippen molar-refractivity contribution >= 4 is 59.5 Å². The summed E-state index contributed by atoms with van der Waals surface area (Å²) in [7, 11) is 0. The fourth-order valence-electron chi connectivity index (χ4n) is 8.37. The van der Waals surface area contributed by atoms with E-state index in [-0.39, 0.29) is 57.2 Å². The van der Waals surface area contributed by atoms with Gasteiger partial charge in [-0.15, -0.1) is 0 Å². The maximum atomic E-state index is 14.2. The first-order chi connectivity index (χ1) is 36.4. The molecule has 13 N–H and O–H groups in total. The molecule has 0 unspecified atom stereocenters. The van der Waals surface area contributed by atoms with Crippen molar-refractivity contribution in [3.63, 3.8) is 0 Å². The number of likely N-dealkylation sites (tertiary alicyclic amines) is 1. The van der Waals surface area contributed by atoms with E-state index in [0.29, 0.717) is 29.4 Å². The van der Waals surface area contributed by atoms with E-state index >= 15 is 0 Å². The number of aromatic hydroxyl groups is 1. The van der Waals surface area contributed by atoms with Gasteiger partial charge in [0.2, 0.25) is 53.2 Å². The molecule has 1 aliphatic heterocycles. The predicted octanol–water partition coefficient (Wildman–Crippen LogP) is -1.52. The summed E-state index contributed by atoms with van der Waals surface area (Å²) in [5.74, 6) is -6.80. The molecule has 1 saturated heterocycles. The van der Waals surface area contributed by atoms with Gasteiger partial charge < -0.3 is 68.6 Å². The molecule has 9 amide bonds. The van der Waals surface area contributed by atoms with E-state index in [4.69, 9.17) is 11.5 Å². The average molecular weight is 1050 g/mol. The first-order valence-corrected chi connectivity index (χ1v) is 24.8. The number of nitrogens with zero attached hydrogens (tertiary/aromatic N) is 1. The SMILES string of the molecule is C[C@H](NC(=O)[C@H](Cc1ccccc1)NC(=O)[C@H](CCC(N)=O)NC(=O)CNC(=O)[C@@H]1CCCN1C(=O)[C@H](Cc1ccccc1)NC(=O)[C@@H](N)Cc1ccc(O)cc1)C(=O)N[C@@H](Cc1ccccc1)C(=O)N[C@H](C=O)CO. The van der Waals surface area contributed by atoms with Gasteiger partial charge in [0.05, 0.1) is 19.2 Å². The maximum Gasteiger partial charge on any atom is 0.246 e. The molecular formula is C54H66N10O12. The van der Waals surface area contributed by atoms with Crippen molar-refractivity contribution in [1.82, 2.24) is 42.1 Å². The quantitative estimate of drug-likeness (QED) is 0.0289. The van der Waals surface area contributed by atoms with Gasteiger partial charge in [-0.05, 0) is 67.0 Å². The van der Waals surface area contributed by atoms with Crippen LogP contribution in [-0.2, 0) is 73.6 Å². The fourth-order valence-corrected chi connectivity index (χ4v) is 8.37. The van der Waals surface area contributed by atoms with E-state index in [1.165, 1.54) is 24.0 Å². The van der Waals surface area contributed by atoms with Crippen LogP contribution in [0.2, 0.25) is 0 Å². The highest BCUT2D eigenvalue weighted by atomic mass is 16.3. The van der Waals surface area contributed by atoms with Crippen molar-refractivity contribution in [2.45, 2.75) is 107 Å². The van der Waals surface area contributed by atoms with Crippen LogP contribution in [-0.4, -0.2) is 143 Å². The van der Waals surface area contributed by atoms with E-state index in [1.807, 2.05) is 0 Å². The van der Waals surface area contributed by atoms with Crippen molar-refractivity contribution in [3.05, 3.63) is 138 Å². The molecule has 0 radical (unpaired) electrons. The highest BCUT2D eigenvalue weighted by molar-refractivity contribution is 5.97. The molecule has 0 bridgehead atoms. The lowest BCUT2D eigenvalue weighted by atomic mass is 10.0. The third-order valence-corrected chi connectivity index (χ3v) is 12.5. The van der Waals surface area contributed by atoms with Gasteiger partial charge in [-0.2, -0.15) is 0 Å². The smallest absolute Gasteiger partial charge is 0.246 e. The minimum atomic E-state index is -1.47. The van der Waals surface area contributed by atoms with Crippen LogP contribution < -0.4 is 48.7 Å². The normalized spacial score (nSPS) is 15.7. The number of hydrogen-bond donors (Lipinski definition) is 11. The van der Waals surface area contributed by atoms with Crippen LogP contribution in [0.4, 0.5) is 0 Å². The van der Waals surface area contributed by atoms with Crippen molar-refractivity contribution in [1.29, 1.82) is 0 Å². The molecule has 404 valence electrons. The van der Waals surface area contributed by atoms with Gasteiger partial charge in [-0.3, -0.25) is 43.2 Å². The Kier molecular flexibility index (Phi) is 22.6. The van der Waals surface area contributed by atoms with E-state index in [2.05, 4.69) is 37.2 Å². The van der Waals surface area contributed by atoms with Crippen LogP contribution in [0.25, 0.3) is 0 Å². The molecule has 1 heterocycles.